The average molecular weight is 143 g/mol. The van der Waals surface area contributed by atoms with Crippen molar-refractivity contribution in [2.45, 2.75) is 20.3 Å². The summed E-state index contributed by atoms with van der Waals surface area (Å²) >= 11 is 4.42. The minimum absolute atomic E-state index is 0.0834. The van der Waals surface area contributed by atoms with E-state index in [1.807, 2.05) is 26.0 Å². The molecule has 0 N–H and O–H groups in total. The van der Waals surface area contributed by atoms with E-state index in [9.17, 15) is 4.79 Å². The molecule has 2 heteroatoms. The van der Waals surface area contributed by atoms with Crippen LogP contribution in [0.3, 0.4) is 0 Å². The molecule has 0 fully saturated rings. The van der Waals surface area contributed by atoms with E-state index >= 15 is 0 Å². The van der Waals surface area contributed by atoms with Gasteiger partial charge in [-0.15, -0.1) is 0 Å². The van der Waals surface area contributed by atoms with Crippen LogP contribution in [-0.4, -0.2) is 5.12 Å². The highest BCUT2D eigenvalue weighted by atomic mass is 32.1. The highest BCUT2D eigenvalue weighted by Gasteiger charge is 2.02. The number of allylic oxidation sites excluding steroid dienone is 2. The van der Waals surface area contributed by atoms with Gasteiger partial charge in [-0.1, -0.05) is 26.0 Å². The summed E-state index contributed by atoms with van der Waals surface area (Å²) in [6.45, 7) is 3.83. The normalized spacial score (nSPS) is 14.0. The van der Waals surface area contributed by atoms with Crippen LogP contribution < -0.4 is 0 Å². The topological polar surface area (TPSA) is 17.1 Å². The second-order valence-electron chi connectivity index (χ2n) is 1.94. The third-order valence-electron chi connectivity index (χ3n) is 1.03. The lowest BCUT2D eigenvalue weighted by molar-refractivity contribution is -0.112. The molecule has 0 saturated heterocycles. The fourth-order valence-corrected chi connectivity index (χ4v) is 0.497. The zero-order valence-electron chi connectivity index (χ0n) is 5.76. The summed E-state index contributed by atoms with van der Waals surface area (Å²) in [7, 11) is 0. The molecule has 1 radical (unpaired) electrons. The molecule has 0 aromatic heterocycles. The molecule has 0 aliphatic carbocycles. The van der Waals surface area contributed by atoms with Crippen molar-refractivity contribution < 1.29 is 4.79 Å². The summed E-state index contributed by atoms with van der Waals surface area (Å²) in [5, 5.41) is -0.181. The van der Waals surface area contributed by atoms with E-state index in [4.69, 9.17) is 0 Å². The van der Waals surface area contributed by atoms with Gasteiger partial charge in [0.15, 0.2) is 0 Å². The van der Waals surface area contributed by atoms with Crippen LogP contribution in [0.4, 0.5) is 0 Å². The first kappa shape index (κ1) is 8.63. The molecular weight excluding hydrogens is 132 g/mol. The second-order valence-corrected chi connectivity index (χ2v) is 2.35. The smallest absolute Gasteiger partial charge is 0.225 e. The molecular formula is C7H11OS. The molecule has 0 amide bonds. The van der Waals surface area contributed by atoms with Crippen LogP contribution in [0.25, 0.3) is 0 Å². The Bertz CT molecular complexity index is 118. The average Bonchev–Trinajstić information content (AvgIpc) is 1.82. The summed E-state index contributed by atoms with van der Waals surface area (Å²) in [6.07, 6.45) is 4.76. The van der Waals surface area contributed by atoms with Crippen molar-refractivity contribution in [1.82, 2.24) is 0 Å². The molecule has 9 heavy (non-hydrogen) atoms. The minimum atomic E-state index is -0.181. The Balaban J connectivity index is 3.62. The first-order chi connectivity index (χ1) is 4.18. The van der Waals surface area contributed by atoms with Crippen LogP contribution in [0.15, 0.2) is 12.2 Å². The van der Waals surface area contributed by atoms with Gasteiger partial charge in [-0.3, -0.25) is 4.79 Å². The van der Waals surface area contributed by atoms with Crippen molar-refractivity contribution in [2.24, 2.45) is 5.92 Å². The van der Waals surface area contributed by atoms with Gasteiger partial charge in [-0.05, 0) is 19.0 Å². The monoisotopic (exact) mass is 143 g/mol. The molecule has 1 atom stereocenters. The van der Waals surface area contributed by atoms with E-state index in [-0.39, 0.29) is 11.0 Å². The number of rotatable bonds is 3. The Kier molecular flexibility index (Phi) is 4.32. The lowest BCUT2D eigenvalue weighted by atomic mass is 10.2. The van der Waals surface area contributed by atoms with Crippen molar-refractivity contribution >= 4 is 17.7 Å². The molecule has 0 bridgehead atoms. The molecule has 0 heterocycles. The van der Waals surface area contributed by atoms with Gasteiger partial charge in [-0.25, -0.2) is 0 Å². The molecule has 1 unspecified atom stereocenters. The first-order valence-corrected chi connectivity index (χ1v) is 3.46. The summed E-state index contributed by atoms with van der Waals surface area (Å²) in [6, 6.07) is 0. The first-order valence-electron chi connectivity index (χ1n) is 3.06. The van der Waals surface area contributed by atoms with Crippen LogP contribution in [0.2, 0.25) is 0 Å². The molecule has 0 aromatic rings. The van der Waals surface area contributed by atoms with Gasteiger partial charge in [0.25, 0.3) is 0 Å². The van der Waals surface area contributed by atoms with Crippen LogP contribution in [0, 0.1) is 5.92 Å². The van der Waals surface area contributed by atoms with Gasteiger partial charge < -0.3 is 0 Å². The molecule has 0 aliphatic heterocycles. The van der Waals surface area contributed by atoms with E-state index in [0.29, 0.717) is 0 Å². The van der Waals surface area contributed by atoms with Gasteiger partial charge in [0.1, 0.15) is 0 Å². The van der Waals surface area contributed by atoms with Gasteiger partial charge in [-0.2, -0.15) is 0 Å². The predicted molar refractivity (Wildman–Crippen MR) is 41.2 cm³/mol. The zero-order chi connectivity index (χ0) is 7.28. The van der Waals surface area contributed by atoms with Crippen LogP contribution in [0.1, 0.15) is 20.3 Å². The summed E-state index contributed by atoms with van der Waals surface area (Å²) < 4.78 is 0. The van der Waals surface area contributed by atoms with E-state index in [2.05, 4.69) is 12.6 Å². The van der Waals surface area contributed by atoms with Gasteiger partial charge in [0.05, 0.1) is 0 Å². The van der Waals surface area contributed by atoms with Gasteiger partial charge >= 0.3 is 0 Å². The molecule has 0 saturated carbocycles. The second kappa shape index (κ2) is 4.50. The van der Waals surface area contributed by atoms with Gasteiger partial charge in [0, 0.05) is 5.92 Å². The maximum atomic E-state index is 10.4. The molecule has 0 aliphatic rings. The van der Waals surface area contributed by atoms with Gasteiger partial charge in [0.2, 0.25) is 5.12 Å². The van der Waals surface area contributed by atoms with E-state index < -0.39 is 0 Å². The third kappa shape index (κ3) is 4.15. The predicted octanol–water partition coefficient (Wildman–Crippen LogP) is 2.31. The van der Waals surface area contributed by atoms with Crippen molar-refractivity contribution in [2.75, 3.05) is 0 Å². The maximum absolute atomic E-state index is 10.4. The summed E-state index contributed by atoms with van der Waals surface area (Å²) in [4.78, 5) is 10.4. The number of hydrogen-bond acceptors (Lipinski definition) is 1. The van der Waals surface area contributed by atoms with E-state index in [1.165, 1.54) is 0 Å². The fourth-order valence-electron chi connectivity index (χ4n) is 0.419. The molecule has 1 nitrogen and oxygen atoms in total. The Morgan fingerprint density at radius 1 is 1.78 bits per heavy atom. The van der Waals surface area contributed by atoms with Crippen molar-refractivity contribution in [3.05, 3.63) is 12.2 Å². The largest absolute Gasteiger partial charge is 0.281 e. The SMILES string of the molecule is CC/C=C/C(C)C(=O)[S]. The quantitative estimate of drug-likeness (QED) is 0.554. The fraction of sp³-hybridized carbons (Fsp3) is 0.571. The highest BCUT2D eigenvalue weighted by molar-refractivity contribution is 7.96. The lowest BCUT2D eigenvalue weighted by Gasteiger charge is -1.94. The Labute approximate surface area is 61.6 Å². The number of hydrogen-bond donors (Lipinski definition) is 0. The Hall–Kier alpha value is -0.370. The van der Waals surface area contributed by atoms with Crippen molar-refractivity contribution in [3.63, 3.8) is 0 Å². The molecule has 51 valence electrons. The Morgan fingerprint density at radius 3 is 2.67 bits per heavy atom. The standard InChI is InChI=1S/C7H11OS/c1-3-4-5-6(2)7(8)9/h4-6H,3H2,1-2H3/b5-4+. The van der Waals surface area contributed by atoms with E-state index in [0.717, 1.165) is 6.42 Å². The third-order valence-corrected chi connectivity index (χ3v) is 1.40. The van der Waals surface area contributed by atoms with E-state index in [1.54, 1.807) is 0 Å². The summed E-state index contributed by atoms with van der Waals surface area (Å²) in [5.41, 5.74) is 0. The molecule has 0 rings (SSSR count). The highest BCUT2D eigenvalue weighted by Crippen LogP contribution is 2.01. The van der Waals surface area contributed by atoms with Crippen LogP contribution >= 0.6 is 12.6 Å². The Morgan fingerprint density at radius 2 is 2.33 bits per heavy atom. The molecule has 0 aromatic carbocycles. The van der Waals surface area contributed by atoms with Crippen molar-refractivity contribution in [1.29, 1.82) is 0 Å². The molecule has 0 spiro atoms. The number of carbonyl (C=O) groups is 1. The minimum Gasteiger partial charge on any atom is -0.281 e. The van der Waals surface area contributed by atoms with Crippen LogP contribution in [-0.2, 0) is 4.79 Å². The number of carbonyl (C=O) groups excluding carboxylic acids is 1. The van der Waals surface area contributed by atoms with Crippen molar-refractivity contribution in [3.8, 4) is 0 Å². The van der Waals surface area contributed by atoms with Crippen LogP contribution in [0.5, 0.6) is 0 Å². The lowest BCUT2D eigenvalue weighted by Crippen LogP contribution is -1.98. The maximum Gasteiger partial charge on any atom is 0.225 e. The zero-order valence-corrected chi connectivity index (χ0v) is 6.57. The summed E-state index contributed by atoms with van der Waals surface area (Å²) in [5.74, 6) is -0.0834.